The summed E-state index contributed by atoms with van der Waals surface area (Å²) in [5.41, 5.74) is 11.8. The second kappa shape index (κ2) is 12.8. The normalized spacial score (nSPS) is 14.0. The summed E-state index contributed by atoms with van der Waals surface area (Å²) in [5.74, 6) is -4.93. The second-order valence-electron chi connectivity index (χ2n) is 9.69. The Morgan fingerprint density at radius 1 is 0.700 bits per heavy atom. The van der Waals surface area contributed by atoms with Crippen LogP contribution >= 0.6 is 0 Å². The van der Waals surface area contributed by atoms with Crippen molar-refractivity contribution in [3.63, 3.8) is 0 Å². The van der Waals surface area contributed by atoms with Crippen LogP contribution in [-0.2, 0) is 28.7 Å². The number of carbonyl (C=O) groups is 4. The van der Waals surface area contributed by atoms with Crippen molar-refractivity contribution < 1.29 is 28.7 Å². The zero-order valence-electron chi connectivity index (χ0n) is 19.4. The van der Waals surface area contributed by atoms with E-state index in [0.717, 1.165) is 25.7 Å². The molecule has 8 nitrogen and oxygen atoms in total. The van der Waals surface area contributed by atoms with E-state index in [9.17, 15) is 19.2 Å². The summed E-state index contributed by atoms with van der Waals surface area (Å²) < 4.78 is 8.92. The van der Waals surface area contributed by atoms with Crippen LogP contribution < -0.4 is 11.5 Å². The molecule has 0 aliphatic heterocycles. The molecule has 0 aliphatic carbocycles. The molecule has 0 aliphatic rings. The Hall–Kier alpha value is -1.80. The lowest BCUT2D eigenvalue weighted by atomic mass is 9.81. The molecule has 0 rings (SSSR count). The molecule has 8 heteroatoms. The van der Waals surface area contributed by atoms with Gasteiger partial charge in [-0.3, -0.25) is 9.59 Å². The van der Waals surface area contributed by atoms with Gasteiger partial charge in [0, 0.05) is 12.1 Å². The highest BCUT2D eigenvalue weighted by atomic mass is 16.6. The third-order valence-electron chi connectivity index (χ3n) is 4.92. The van der Waals surface area contributed by atoms with Crippen molar-refractivity contribution in [2.75, 3.05) is 0 Å². The molecular weight excluding hydrogens is 388 g/mol. The molecule has 0 heterocycles. The predicted octanol–water partition coefficient (Wildman–Crippen LogP) is 2.99. The van der Waals surface area contributed by atoms with Crippen LogP contribution in [0.4, 0.5) is 0 Å². The summed E-state index contributed by atoms with van der Waals surface area (Å²) in [6, 6.07) is -1.01. The Labute approximate surface area is 180 Å². The molecule has 0 amide bonds. The number of rotatable bonds is 12. The van der Waals surface area contributed by atoms with E-state index >= 15 is 0 Å². The van der Waals surface area contributed by atoms with Crippen molar-refractivity contribution in [3.8, 4) is 0 Å². The molecular formula is C22H40N2O6. The Bertz CT molecular complexity index is 548. The molecule has 0 aromatic heterocycles. The third-order valence-corrected chi connectivity index (χ3v) is 4.92. The lowest BCUT2D eigenvalue weighted by molar-refractivity contribution is -0.177. The largest absolute Gasteiger partial charge is 0.425 e. The van der Waals surface area contributed by atoms with Crippen LogP contribution in [0.2, 0.25) is 0 Å². The van der Waals surface area contributed by atoms with E-state index in [1.807, 2.05) is 27.7 Å². The maximum atomic E-state index is 11.9. The third kappa shape index (κ3) is 12.7. The van der Waals surface area contributed by atoms with Crippen LogP contribution in [0.25, 0.3) is 0 Å². The van der Waals surface area contributed by atoms with Gasteiger partial charge in [-0.25, -0.2) is 9.59 Å². The number of esters is 4. The molecule has 0 saturated carbocycles. The van der Waals surface area contributed by atoms with Gasteiger partial charge in [0.05, 0.1) is 12.8 Å². The lowest BCUT2D eigenvalue weighted by Crippen LogP contribution is -2.34. The molecule has 0 spiro atoms. The Morgan fingerprint density at radius 2 is 1.00 bits per heavy atom. The minimum absolute atomic E-state index is 0.0474. The summed E-state index contributed by atoms with van der Waals surface area (Å²) in [6.45, 7) is 12.3. The highest BCUT2D eigenvalue weighted by Crippen LogP contribution is 2.29. The second-order valence-corrected chi connectivity index (χ2v) is 9.69. The van der Waals surface area contributed by atoms with Gasteiger partial charge < -0.3 is 20.9 Å². The fourth-order valence-corrected chi connectivity index (χ4v) is 3.92. The highest BCUT2D eigenvalue weighted by molar-refractivity contribution is 6.33. The quantitative estimate of drug-likeness (QED) is 0.275. The maximum absolute atomic E-state index is 11.9. The zero-order chi connectivity index (χ0) is 23.5. The molecule has 0 aromatic rings. The summed E-state index contributed by atoms with van der Waals surface area (Å²) >= 11 is 0. The van der Waals surface area contributed by atoms with Crippen LogP contribution in [0.5, 0.6) is 0 Å². The maximum Gasteiger partial charge on any atom is 0.425 e. The number of ether oxygens (including phenoxy) is 2. The Morgan fingerprint density at radius 3 is 1.27 bits per heavy atom. The number of nitrogens with two attached hydrogens (primary N) is 2. The van der Waals surface area contributed by atoms with Crippen LogP contribution in [0.15, 0.2) is 0 Å². The van der Waals surface area contributed by atoms with Crippen LogP contribution in [0.1, 0.15) is 92.9 Å². The van der Waals surface area contributed by atoms with Gasteiger partial charge in [-0.05, 0) is 36.5 Å². The molecule has 0 fully saturated rings. The van der Waals surface area contributed by atoms with Gasteiger partial charge in [-0.2, -0.15) is 0 Å². The summed E-state index contributed by atoms with van der Waals surface area (Å²) in [6.07, 6.45) is 4.58. The summed E-state index contributed by atoms with van der Waals surface area (Å²) in [5, 5.41) is 0. The van der Waals surface area contributed by atoms with E-state index in [-0.39, 0.29) is 23.7 Å². The van der Waals surface area contributed by atoms with E-state index in [0.29, 0.717) is 12.8 Å². The van der Waals surface area contributed by atoms with Crippen LogP contribution in [0, 0.1) is 10.8 Å². The highest BCUT2D eigenvalue weighted by Gasteiger charge is 2.28. The zero-order valence-corrected chi connectivity index (χ0v) is 19.4. The number of hydrogen-bond acceptors (Lipinski definition) is 8. The average molecular weight is 429 g/mol. The van der Waals surface area contributed by atoms with Gasteiger partial charge in [0.25, 0.3) is 0 Å². The molecule has 0 radical (unpaired) electrons. The predicted molar refractivity (Wildman–Crippen MR) is 114 cm³/mol. The van der Waals surface area contributed by atoms with E-state index in [2.05, 4.69) is 23.3 Å². The molecule has 174 valence electrons. The van der Waals surface area contributed by atoms with Crippen LogP contribution in [0.3, 0.4) is 0 Å². The van der Waals surface area contributed by atoms with Gasteiger partial charge in [0.15, 0.2) is 0 Å². The summed E-state index contributed by atoms with van der Waals surface area (Å²) in [4.78, 5) is 47.1. The van der Waals surface area contributed by atoms with E-state index < -0.39 is 36.0 Å². The van der Waals surface area contributed by atoms with Crippen molar-refractivity contribution in [2.24, 2.45) is 22.3 Å². The van der Waals surface area contributed by atoms with Crippen molar-refractivity contribution in [1.82, 2.24) is 0 Å². The van der Waals surface area contributed by atoms with Gasteiger partial charge in [0.1, 0.15) is 0 Å². The van der Waals surface area contributed by atoms with Gasteiger partial charge in [0.2, 0.25) is 0 Å². The lowest BCUT2D eigenvalue weighted by Gasteiger charge is -2.27. The standard InChI is InChI=1S/C22H40N2O6/c1-7-9-21(3,4)13-15(23)11-17(25)29-19(27)20(28)30-18(26)12-16(24)14-22(5,6)10-8-2/h15-16H,7-14,23-24H2,1-6H3. The fraction of sp³-hybridized carbons (Fsp3) is 0.818. The molecule has 4 N–H and O–H groups in total. The van der Waals surface area contributed by atoms with Crippen LogP contribution in [-0.4, -0.2) is 36.0 Å². The first kappa shape index (κ1) is 28.2. The summed E-state index contributed by atoms with van der Waals surface area (Å²) in [7, 11) is 0. The Kier molecular flexibility index (Phi) is 12.0. The first-order valence-electron chi connectivity index (χ1n) is 10.7. The van der Waals surface area contributed by atoms with Gasteiger partial charge in [-0.1, -0.05) is 54.4 Å². The first-order valence-corrected chi connectivity index (χ1v) is 10.7. The molecule has 2 unspecified atom stereocenters. The van der Waals surface area contributed by atoms with Crippen molar-refractivity contribution in [1.29, 1.82) is 0 Å². The topological polar surface area (TPSA) is 139 Å². The van der Waals surface area contributed by atoms with Gasteiger partial charge in [-0.15, -0.1) is 0 Å². The molecule has 30 heavy (non-hydrogen) atoms. The van der Waals surface area contributed by atoms with Crippen molar-refractivity contribution in [3.05, 3.63) is 0 Å². The molecule has 0 bridgehead atoms. The monoisotopic (exact) mass is 428 g/mol. The SMILES string of the molecule is CCCC(C)(C)CC(N)CC(=O)OC(=O)C(=O)OC(=O)CC(N)CC(C)(C)CCC. The minimum atomic E-state index is -1.53. The van der Waals surface area contributed by atoms with E-state index in [1.165, 1.54) is 0 Å². The minimum Gasteiger partial charge on any atom is -0.384 e. The fourth-order valence-electron chi connectivity index (χ4n) is 3.92. The van der Waals surface area contributed by atoms with Crippen molar-refractivity contribution in [2.45, 2.75) is 105 Å². The average Bonchev–Trinajstić information content (AvgIpc) is 2.52. The molecule has 0 saturated heterocycles. The van der Waals surface area contributed by atoms with Gasteiger partial charge >= 0.3 is 23.9 Å². The molecule has 0 aromatic carbocycles. The first-order chi connectivity index (χ1) is 13.7. The Balaban J connectivity index is 4.45. The number of hydrogen-bond donors (Lipinski definition) is 2. The van der Waals surface area contributed by atoms with E-state index in [4.69, 9.17) is 11.5 Å². The van der Waals surface area contributed by atoms with E-state index in [1.54, 1.807) is 0 Å². The smallest absolute Gasteiger partial charge is 0.384 e. The number of carbonyl (C=O) groups excluding carboxylic acids is 4. The molecule has 2 atom stereocenters. The van der Waals surface area contributed by atoms with Crippen molar-refractivity contribution >= 4 is 23.9 Å².